The van der Waals surface area contributed by atoms with E-state index in [4.69, 9.17) is 0 Å². The lowest BCUT2D eigenvalue weighted by molar-refractivity contribution is -0.130. The van der Waals surface area contributed by atoms with E-state index in [1.165, 1.54) is 5.56 Å². The van der Waals surface area contributed by atoms with Crippen LogP contribution in [0.5, 0.6) is 0 Å². The van der Waals surface area contributed by atoms with Gasteiger partial charge in [-0.2, -0.15) is 11.3 Å². The van der Waals surface area contributed by atoms with Gasteiger partial charge in [0.1, 0.15) is 0 Å². The highest BCUT2D eigenvalue weighted by molar-refractivity contribution is 7.07. The zero-order chi connectivity index (χ0) is 17.4. The number of nitrogens with zero attached hydrogens (tertiary/aromatic N) is 4. The molecular formula is C19H24N4OS. The number of rotatable bonds is 4. The molecule has 2 aromatic heterocycles. The molecule has 2 aliphatic rings. The van der Waals surface area contributed by atoms with Crippen molar-refractivity contribution in [1.82, 2.24) is 14.9 Å². The maximum Gasteiger partial charge on any atom is 0.225 e. The van der Waals surface area contributed by atoms with E-state index in [-0.39, 0.29) is 5.91 Å². The van der Waals surface area contributed by atoms with E-state index >= 15 is 0 Å². The molecule has 0 radical (unpaired) electrons. The van der Waals surface area contributed by atoms with Crippen LogP contribution in [0.15, 0.2) is 29.1 Å². The van der Waals surface area contributed by atoms with Gasteiger partial charge in [0.25, 0.3) is 0 Å². The molecule has 6 heteroatoms. The van der Waals surface area contributed by atoms with Gasteiger partial charge in [0.05, 0.1) is 0 Å². The number of amides is 1. The minimum absolute atomic E-state index is 0.192. The number of thiophene rings is 1. The van der Waals surface area contributed by atoms with Crippen molar-refractivity contribution in [1.29, 1.82) is 0 Å². The number of anilines is 1. The van der Waals surface area contributed by atoms with Crippen molar-refractivity contribution in [3.63, 3.8) is 0 Å². The summed E-state index contributed by atoms with van der Waals surface area (Å²) in [5.74, 6) is 1.03. The van der Waals surface area contributed by atoms with Crippen molar-refractivity contribution in [2.75, 3.05) is 18.0 Å². The first kappa shape index (κ1) is 16.5. The topological polar surface area (TPSA) is 49.3 Å². The maximum atomic E-state index is 12.2. The fraction of sp³-hybridized carbons (Fsp3) is 0.526. The first-order chi connectivity index (χ1) is 12.1. The molecule has 1 aliphatic carbocycles. The SMILES string of the molecule is CC(=O)N(Cc1ccsc1)[C@H]1CC12CCN(c1nccc(C)n1)CC2. The molecule has 0 bridgehead atoms. The summed E-state index contributed by atoms with van der Waals surface area (Å²) in [6.07, 6.45) is 5.20. The highest BCUT2D eigenvalue weighted by atomic mass is 32.1. The molecule has 1 saturated heterocycles. The van der Waals surface area contributed by atoms with Crippen LogP contribution < -0.4 is 4.90 Å². The van der Waals surface area contributed by atoms with E-state index < -0.39 is 0 Å². The lowest BCUT2D eigenvalue weighted by Gasteiger charge is -2.34. The first-order valence-electron chi connectivity index (χ1n) is 8.90. The molecular weight excluding hydrogens is 332 g/mol. The highest BCUT2D eigenvalue weighted by Gasteiger charge is 2.58. The lowest BCUT2D eigenvalue weighted by Crippen LogP contribution is -2.40. The van der Waals surface area contributed by atoms with Crippen molar-refractivity contribution in [2.45, 2.75) is 45.7 Å². The molecule has 25 heavy (non-hydrogen) atoms. The Kier molecular flexibility index (Phi) is 4.23. The molecule has 132 valence electrons. The molecule has 5 nitrogen and oxygen atoms in total. The summed E-state index contributed by atoms with van der Waals surface area (Å²) in [4.78, 5) is 25.5. The van der Waals surface area contributed by atoms with E-state index in [0.717, 1.165) is 50.5 Å². The summed E-state index contributed by atoms with van der Waals surface area (Å²) >= 11 is 1.69. The third-order valence-electron chi connectivity index (χ3n) is 5.68. The predicted octanol–water partition coefficient (Wildman–Crippen LogP) is 3.25. The fourth-order valence-corrected chi connectivity index (χ4v) is 4.72. The molecule has 0 N–H and O–H groups in total. The molecule has 0 unspecified atom stereocenters. The van der Waals surface area contributed by atoms with Gasteiger partial charge in [0.15, 0.2) is 0 Å². The van der Waals surface area contributed by atoms with Gasteiger partial charge in [-0.3, -0.25) is 4.79 Å². The van der Waals surface area contributed by atoms with Crippen molar-refractivity contribution in [3.8, 4) is 0 Å². The second-order valence-corrected chi connectivity index (χ2v) is 8.13. The van der Waals surface area contributed by atoms with E-state index in [1.807, 2.05) is 19.2 Å². The summed E-state index contributed by atoms with van der Waals surface area (Å²) in [7, 11) is 0. The number of carbonyl (C=O) groups excluding carboxylic acids is 1. The number of carbonyl (C=O) groups is 1. The monoisotopic (exact) mass is 356 g/mol. The Bertz CT molecular complexity index is 753. The van der Waals surface area contributed by atoms with Crippen LogP contribution in [0.4, 0.5) is 5.95 Å². The fourth-order valence-electron chi connectivity index (χ4n) is 4.06. The second kappa shape index (κ2) is 6.41. The van der Waals surface area contributed by atoms with Gasteiger partial charge in [-0.15, -0.1) is 0 Å². The van der Waals surface area contributed by atoms with Crippen molar-refractivity contribution >= 4 is 23.2 Å². The zero-order valence-electron chi connectivity index (χ0n) is 14.8. The average Bonchev–Trinajstić information content (AvgIpc) is 3.04. The van der Waals surface area contributed by atoms with Crippen LogP contribution in [0.1, 0.15) is 37.4 Å². The lowest BCUT2D eigenvalue weighted by atomic mass is 9.92. The Morgan fingerprint density at radius 1 is 1.40 bits per heavy atom. The molecule has 1 saturated carbocycles. The minimum atomic E-state index is 0.192. The quantitative estimate of drug-likeness (QED) is 0.844. The Hall–Kier alpha value is -1.95. The van der Waals surface area contributed by atoms with E-state index in [2.05, 4.69) is 36.6 Å². The number of aromatic nitrogens is 2. The molecule has 1 amide bonds. The number of piperidine rings is 1. The summed E-state index contributed by atoms with van der Waals surface area (Å²) in [5, 5.41) is 4.22. The third-order valence-corrected chi connectivity index (χ3v) is 6.42. The molecule has 1 aliphatic heterocycles. The van der Waals surface area contributed by atoms with E-state index in [9.17, 15) is 4.79 Å². The number of hydrogen-bond acceptors (Lipinski definition) is 5. The van der Waals surface area contributed by atoms with Gasteiger partial charge in [-0.25, -0.2) is 9.97 Å². The molecule has 1 spiro atoms. The van der Waals surface area contributed by atoms with Gasteiger partial charge >= 0.3 is 0 Å². The van der Waals surface area contributed by atoms with Crippen LogP contribution in [-0.4, -0.2) is 39.9 Å². The average molecular weight is 356 g/mol. The van der Waals surface area contributed by atoms with Crippen molar-refractivity contribution < 1.29 is 4.79 Å². The smallest absolute Gasteiger partial charge is 0.225 e. The van der Waals surface area contributed by atoms with Crippen LogP contribution in [0.3, 0.4) is 0 Å². The van der Waals surface area contributed by atoms with Crippen molar-refractivity contribution in [2.24, 2.45) is 5.41 Å². The summed E-state index contributed by atoms with van der Waals surface area (Å²) in [6, 6.07) is 4.44. The first-order valence-corrected chi connectivity index (χ1v) is 9.85. The molecule has 1 atom stereocenters. The molecule has 2 aromatic rings. The Labute approximate surface area is 152 Å². The third kappa shape index (κ3) is 3.27. The maximum absolute atomic E-state index is 12.2. The minimum Gasteiger partial charge on any atom is -0.341 e. The van der Waals surface area contributed by atoms with Crippen LogP contribution in [-0.2, 0) is 11.3 Å². The summed E-state index contributed by atoms with van der Waals surface area (Å²) in [5.41, 5.74) is 2.56. The Morgan fingerprint density at radius 3 is 2.84 bits per heavy atom. The Morgan fingerprint density at radius 2 is 2.20 bits per heavy atom. The normalized spacial score (nSPS) is 21.4. The van der Waals surface area contributed by atoms with Crippen LogP contribution >= 0.6 is 11.3 Å². The molecule has 3 heterocycles. The Balaban J connectivity index is 1.41. The highest BCUT2D eigenvalue weighted by Crippen LogP contribution is 2.57. The van der Waals surface area contributed by atoms with Gasteiger partial charge in [-0.05, 0) is 60.1 Å². The van der Waals surface area contributed by atoms with E-state index in [1.54, 1.807) is 18.3 Å². The molecule has 0 aromatic carbocycles. The van der Waals surface area contributed by atoms with Crippen LogP contribution in [0.2, 0.25) is 0 Å². The van der Waals surface area contributed by atoms with Crippen LogP contribution in [0, 0.1) is 12.3 Å². The number of aryl methyl sites for hydroxylation is 1. The summed E-state index contributed by atoms with van der Waals surface area (Å²) < 4.78 is 0. The van der Waals surface area contributed by atoms with Crippen molar-refractivity contribution in [3.05, 3.63) is 40.3 Å². The van der Waals surface area contributed by atoms with Gasteiger partial charge in [-0.1, -0.05) is 0 Å². The van der Waals surface area contributed by atoms with Gasteiger partial charge < -0.3 is 9.80 Å². The van der Waals surface area contributed by atoms with Crippen LogP contribution in [0.25, 0.3) is 0 Å². The second-order valence-electron chi connectivity index (χ2n) is 7.35. The largest absolute Gasteiger partial charge is 0.341 e. The summed E-state index contributed by atoms with van der Waals surface area (Å²) in [6.45, 7) is 6.40. The number of hydrogen-bond donors (Lipinski definition) is 0. The van der Waals surface area contributed by atoms with Gasteiger partial charge in [0, 0.05) is 44.5 Å². The zero-order valence-corrected chi connectivity index (χ0v) is 15.6. The van der Waals surface area contributed by atoms with Gasteiger partial charge in [0.2, 0.25) is 11.9 Å². The molecule has 2 fully saturated rings. The van der Waals surface area contributed by atoms with E-state index in [0.29, 0.717) is 11.5 Å². The predicted molar refractivity (Wildman–Crippen MR) is 99.6 cm³/mol. The standard InChI is InChI=1S/C19H24N4OS/c1-14-3-7-20-18(21-14)22-8-5-19(6-9-22)11-17(19)23(15(2)24)12-16-4-10-25-13-16/h3-4,7,10,13,17H,5-6,8-9,11-12H2,1-2H3/t17-/m0/s1. The molecule has 4 rings (SSSR count).